The van der Waals surface area contributed by atoms with E-state index >= 15 is 0 Å². The van der Waals surface area contributed by atoms with E-state index in [1.807, 2.05) is 20.8 Å². The smallest absolute Gasteiger partial charge is 0.401 e. The molecule has 1 heterocycles. The highest BCUT2D eigenvalue weighted by Gasteiger charge is 2.28. The summed E-state index contributed by atoms with van der Waals surface area (Å²) in [6.45, 7) is 6.17. The van der Waals surface area contributed by atoms with Gasteiger partial charge in [0, 0.05) is 19.6 Å². The minimum Gasteiger partial charge on any atom is -0.444 e. The summed E-state index contributed by atoms with van der Waals surface area (Å²) in [6, 6.07) is 0. The highest BCUT2D eigenvalue weighted by atomic mass is 127. The number of guanidine groups is 1. The largest absolute Gasteiger partial charge is 0.444 e. The molecule has 0 unspecified atom stereocenters. The molecule has 24 heavy (non-hydrogen) atoms. The first-order valence-corrected chi connectivity index (χ1v) is 7.41. The summed E-state index contributed by atoms with van der Waals surface area (Å²) in [7, 11) is 1.43. The molecule has 0 atom stereocenters. The van der Waals surface area contributed by atoms with Gasteiger partial charge in [0.05, 0.1) is 12.2 Å². The van der Waals surface area contributed by atoms with Gasteiger partial charge in [-0.15, -0.1) is 24.0 Å². The summed E-state index contributed by atoms with van der Waals surface area (Å²) >= 11 is 0. The van der Waals surface area contributed by atoms with Gasteiger partial charge in [0.15, 0.2) is 5.96 Å². The van der Waals surface area contributed by atoms with Gasteiger partial charge >= 0.3 is 6.18 Å². The Morgan fingerprint density at radius 2 is 1.96 bits per heavy atom. The van der Waals surface area contributed by atoms with Crippen LogP contribution in [0.5, 0.6) is 0 Å². The number of nitrogens with one attached hydrogen (secondary N) is 2. The molecule has 0 bridgehead atoms. The summed E-state index contributed by atoms with van der Waals surface area (Å²) in [5, 5.41) is 6.01. The Bertz CT molecular complexity index is 499. The Morgan fingerprint density at radius 1 is 1.29 bits per heavy atom. The third-order valence-corrected chi connectivity index (χ3v) is 3.02. The molecular formula is C14H25F3IN5O. The monoisotopic (exact) mass is 463 g/mol. The first kappa shape index (κ1) is 23.0. The average Bonchev–Trinajstić information content (AvgIpc) is 2.73. The van der Waals surface area contributed by atoms with Crippen LogP contribution in [0.3, 0.4) is 0 Å². The Kier molecular flexibility index (Phi) is 10.3. The molecule has 0 spiro atoms. The molecule has 0 aliphatic carbocycles. The molecule has 6 nitrogen and oxygen atoms in total. The highest BCUT2D eigenvalue weighted by Crippen LogP contribution is 2.15. The van der Waals surface area contributed by atoms with E-state index in [9.17, 15) is 13.2 Å². The van der Waals surface area contributed by atoms with Crippen molar-refractivity contribution in [2.45, 2.75) is 33.5 Å². The fourth-order valence-electron chi connectivity index (χ4n) is 1.85. The lowest BCUT2D eigenvalue weighted by Crippen LogP contribution is -2.42. The van der Waals surface area contributed by atoms with E-state index in [-0.39, 0.29) is 37.1 Å². The number of aromatic nitrogens is 1. The Morgan fingerprint density at radius 3 is 2.46 bits per heavy atom. The number of hydrogen-bond donors (Lipinski definition) is 2. The van der Waals surface area contributed by atoms with Gasteiger partial charge in [0.25, 0.3) is 0 Å². The van der Waals surface area contributed by atoms with Crippen LogP contribution >= 0.6 is 24.0 Å². The molecule has 140 valence electrons. The van der Waals surface area contributed by atoms with Crippen LogP contribution in [0.2, 0.25) is 0 Å². The van der Waals surface area contributed by atoms with Crippen molar-refractivity contribution >= 4 is 29.9 Å². The Labute approximate surface area is 157 Å². The van der Waals surface area contributed by atoms with E-state index in [2.05, 4.69) is 20.6 Å². The van der Waals surface area contributed by atoms with Crippen LogP contribution in [-0.4, -0.2) is 55.2 Å². The van der Waals surface area contributed by atoms with E-state index in [1.165, 1.54) is 11.9 Å². The van der Waals surface area contributed by atoms with Gasteiger partial charge in [-0.3, -0.25) is 4.90 Å². The second kappa shape index (κ2) is 10.7. The maximum absolute atomic E-state index is 12.2. The van der Waals surface area contributed by atoms with Gasteiger partial charge < -0.3 is 15.1 Å². The number of oxazole rings is 1. The molecule has 0 aliphatic heterocycles. The summed E-state index contributed by atoms with van der Waals surface area (Å²) in [5.41, 5.74) is 0.821. The minimum atomic E-state index is -4.19. The van der Waals surface area contributed by atoms with Crippen LogP contribution in [0.25, 0.3) is 0 Å². The van der Waals surface area contributed by atoms with Crippen molar-refractivity contribution in [2.24, 2.45) is 4.99 Å². The predicted octanol–water partition coefficient (Wildman–Crippen LogP) is 2.46. The summed E-state index contributed by atoms with van der Waals surface area (Å²) in [5.74, 6) is 1.77. The van der Waals surface area contributed by atoms with Crippen molar-refractivity contribution in [1.82, 2.24) is 20.5 Å². The predicted molar refractivity (Wildman–Crippen MR) is 97.8 cm³/mol. The van der Waals surface area contributed by atoms with Crippen molar-refractivity contribution in [2.75, 3.05) is 33.2 Å². The first-order valence-electron chi connectivity index (χ1n) is 7.41. The van der Waals surface area contributed by atoms with Gasteiger partial charge in [0.1, 0.15) is 12.3 Å². The van der Waals surface area contributed by atoms with Crippen molar-refractivity contribution < 1.29 is 17.6 Å². The van der Waals surface area contributed by atoms with E-state index in [0.29, 0.717) is 24.9 Å². The van der Waals surface area contributed by atoms with Crippen LogP contribution in [0.4, 0.5) is 13.2 Å². The van der Waals surface area contributed by atoms with Gasteiger partial charge in [-0.2, -0.15) is 13.2 Å². The van der Waals surface area contributed by atoms with Gasteiger partial charge in [-0.25, -0.2) is 9.98 Å². The fourth-order valence-corrected chi connectivity index (χ4v) is 1.85. The summed E-state index contributed by atoms with van der Waals surface area (Å²) in [6.07, 6.45) is -4.19. The van der Waals surface area contributed by atoms with Crippen LogP contribution in [0, 0.1) is 13.8 Å². The zero-order valence-electron chi connectivity index (χ0n) is 14.3. The molecule has 0 amide bonds. The van der Waals surface area contributed by atoms with Crippen molar-refractivity contribution in [3.63, 3.8) is 0 Å². The van der Waals surface area contributed by atoms with Crippen molar-refractivity contribution in [3.05, 3.63) is 17.3 Å². The number of likely N-dealkylation sites (N-methyl/N-ethyl adjacent to an activating group) is 1. The normalized spacial score (nSPS) is 12.2. The number of rotatable bonds is 7. The molecule has 0 saturated carbocycles. The van der Waals surface area contributed by atoms with Gasteiger partial charge in [-0.05, 0) is 27.8 Å². The lowest BCUT2D eigenvalue weighted by atomic mass is 10.4. The third-order valence-electron chi connectivity index (χ3n) is 3.02. The quantitative estimate of drug-likeness (QED) is 0.370. The second-order valence-corrected chi connectivity index (χ2v) is 5.22. The number of aryl methyl sites for hydroxylation is 2. The van der Waals surface area contributed by atoms with E-state index in [0.717, 1.165) is 11.5 Å². The maximum atomic E-state index is 12.2. The minimum absolute atomic E-state index is 0. The van der Waals surface area contributed by atoms with Crippen LogP contribution in [0.15, 0.2) is 9.41 Å². The zero-order chi connectivity index (χ0) is 17.5. The van der Waals surface area contributed by atoms with Crippen LogP contribution < -0.4 is 10.6 Å². The number of hydrogen-bond acceptors (Lipinski definition) is 4. The summed E-state index contributed by atoms with van der Waals surface area (Å²) < 4.78 is 42.2. The molecule has 1 aromatic rings. The number of aliphatic imine (C=N–C) groups is 1. The molecule has 1 rings (SSSR count). The van der Waals surface area contributed by atoms with E-state index in [1.54, 1.807) is 0 Å². The molecule has 0 fully saturated rings. The first-order chi connectivity index (χ1) is 10.7. The number of alkyl halides is 3. The summed E-state index contributed by atoms with van der Waals surface area (Å²) in [4.78, 5) is 9.74. The molecular weight excluding hydrogens is 438 g/mol. The zero-order valence-corrected chi connectivity index (χ0v) is 16.7. The SMILES string of the molecule is CCNC(=NCc1nc(C)c(C)o1)NCCN(C)CC(F)(F)F.I. The molecule has 0 radical (unpaired) electrons. The van der Waals surface area contributed by atoms with Crippen molar-refractivity contribution in [1.29, 1.82) is 0 Å². The van der Waals surface area contributed by atoms with Crippen LogP contribution in [-0.2, 0) is 6.54 Å². The third kappa shape index (κ3) is 9.30. The average molecular weight is 463 g/mol. The van der Waals surface area contributed by atoms with E-state index in [4.69, 9.17) is 4.42 Å². The number of halogens is 4. The Hall–Kier alpha value is -1.04. The number of nitrogens with zero attached hydrogens (tertiary/aromatic N) is 3. The lowest BCUT2D eigenvalue weighted by Gasteiger charge is -2.19. The van der Waals surface area contributed by atoms with Crippen molar-refractivity contribution in [3.8, 4) is 0 Å². The van der Waals surface area contributed by atoms with Gasteiger partial charge in [-0.1, -0.05) is 0 Å². The lowest BCUT2D eigenvalue weighted by molar-refractivity contribution is -0.142. The standard InChI is InChI=1S/C14H24F3N5O.HI/c1-5-18-13(19-6-7-22(4)9-14(15,16)17)20-8-12-21-10(2)11(3)23-12;/h5-9H2,1-4H3,(H2,18,19,20);1H. The molecule has 0 aromatic carbocycles. The molecule has 1 aromatic heterocycles. The van der Waals surface area contributed by atoms with Gasteiger partial charge in [0.2, 0.25) is 5.89 Å². The molecule has 0 aliphatic rings. The Balaban J connectivity index is 0.00000529. The maximum Gasteiger partial charge on any atom is 0.401 e. The van der Waals surface area contributed by atoms with E-state index < -0.39 is 12.7 Å². The van der Waals surface area contributed by atoms with Crippen LogP contribution in [0.1, 0.15) is 24.3 Å². The molecule has 2 N–H and O–H groups in total. The fraction of sp³-hybridized carbons (Fsp3) is 0.714. The topological polar surface area (TPSA) is 65.7 Å². The second-order valence-electron chi connectivity index (χ2n) is 5.22. The molecule has 10 heteroatoms. The molecule has 0 saturated heterocycles. The highest BCUT2D eigenvalue weighted by molar-refractivity contribution is 14.0.